The molecule has 3 aromatic rings. The molecule has 0 atom stereocenters. The summed E-state index contributed by atoms with van der Waals surface area (Å²) in [6, 6.07) is 10.2. The minimum Gasteiger partial charge on any atom is -0.474 e. The number of furan rings is 1. The van der Waals surface area contributed by atoms with E-state index >= 15 is 0 Å². The highest BCUT2D eigenvalue weighted by molar-refractivity contribution is 6.81. The average Bonchev–Trinajstić information content (AvgIpc) is 2.96. The highest BCUT2D eigenvalue weighted by Gasteiger charge is 2.28. The third-order valence-electron chi connectivity index (χ3n) is 3.67. The molecule has 19 heavy (non-hydrogen) atoms. The average molecular weight is 268 g/mol. The van der Waals surface area contributed by atoms with Gasteiger partial charge in [-0.15, -0.1) is 0 Å². The van der Waals surface area contributed by atoms with Gasteiger partial charge in [0.2, 0.25) is 8.80 Å². The first kappa shape index (κ1) is 11.1. The third kappa shape index (κ3) is 1.83. The molecule has 3 nitrogen and oxygen atoms in total. The Labute approximate surface area is 112 Å². The molecular formula is C15H14NO2Si. The molecule has 4 heteroatoms. The van der Waals surface area contributed by atoms with Gasteiger partial charge in [0.05, 0.1) is 11.6 Å². The second kappa shape index (κ2) is 4.10. The molecule has 2 heterocycles. The van der Waals surface area contributed by atoms with Crippen molar-refractivity contribution in [3.8, 4) is 0 Å². The maximum Gasteiger partial charge on any atom is 0.238 e. The maximum atomic E-state index is 6.06. The van der Waals surface area contributed by atoms with Crippen molar-refractivity contribution in [3.05, 3.63) is 42.2 Å². The number of oxazole rings is 1. The van der Waals surface area contributed by atoms with Crippen molar-refractivity contribution in [1.29, 1.82) is 0 Å². The summed E-state index contributed by atoms with van der Waals surface area (Å²) in [4.78, 5) is 4.66. The van der Waals surface area contributed by atoms with Crippen LogP contribution in [0.25, 0.3) is 11.1 Å². The second-order valence-electron chi connectivity index (χ2n) is 5.09. The van der Waals surface area contributed by atoms with Gasteiger partial charge in [0.1, 0.15) is 5.52 Å². The van der Waals surface area contributed by atoms with Gasteiger partial charge in [0, 0.05) is 5.56 Å². The molecule has 1 aliphatic carbocycles. The monoisotopic (exact) mass is 268 g/mol. The molecule has 0 N–H and O–H groups in total. The third-order valence-corrected chi connectivity index (χ3v) is 5.55. The number of rotatable bonds is 3. The van der Waals surface area contributed by atoms with Gasteiger partial charge in [0.25, 0.3) is 0 Å². The van der Waals surface area contributed by atoms with Crippen molar-refractivity contribution >= 4 is 30.8 Å². The normalized spacial score (nSPS) is 15.5. The molecule has 0 bridgehead atoms. The summed E-state index contributed by atoms with van der Waals surface area (Å²) in [7, 11) is -1.03. The van der Waals surface area contributed by atoms with E-state index < -0.39 is 8.80 Å². The van der Waals surface area contributed by atoms with E-state index in [9.17, 15) is 0 Å². The minimum absolute atomic E-state index is 0.681. The molecule has 1 radical (unpaired) electrons. The molecule has 0 spiro atoms. The van der Waals surface area contributed by atoms with Crippen LogP contribution in [0.2, 0.25) is 6.55 Å². The van der Waals surface area contributed by atoms with Gasteiger partial charge in [-0.2, -0.15) is 0 Å². The van der Waals surface area contributed by atoms with E-state index in [0.29, 0.717) is 5.92 Å². The summed E-state index contributed by atoms with van der Waals surface area (Å²) in [6.45, 7) is 2.16. The predicted molar refractivity (Wildman–Crippen MR) is 75.6 cm³/mol. The fraction of sp³-hybridized carbons (Fsp3) is 0.267. The molecule has 0 amide bonds. The topological polar surface area (TPSA) is 39.2 Å². The van der Waals surface area contributed by atoms with E-state index in [1.165, 1.54) is 18.4 Å². The Bertz CT molecular complexity index is 713. The van der Waals surface area contributed by atoms with Crippen LogP contribution in [0.15, 0.2) is 45.4 Å². The summed E-state index contributed by atoms with van der Waals surface area (Å²) in [5.41, 5.74) is 4.12. The lowest BCUT2D eigenvalue weighted by molar-refractivity contribution is 0.595. The number of para-hydroxylation sites is 1. The van der Waals surface area contributed by atoms with E-state index in [0.717, 1.165) is 22.0 Å². The first-order valence-corrected chi connectivity index (χ1v) is 8.60. The fourth-order valence-corrected chi connectivity index (χ4v) is 3.79. The van der Waals surface area contributed by atoms with Crippen molar-refractivity contribution in [3.63, 3.8) is 0 Å². The van der Waals surface area contributed by atoms with Crippen LogP contribution in [-0.4, -0.2) is 13.8 Å². The van der Waals surface area contributed by atoms with Crippen molar-refractivity contribution in [1.82, 2.24) is 4.98 Å². The summed E-state index contributed by atoms with van der Waals surface area (Å²) in [6.07, 6.45) is 4.26. The zero-order chi connectivity index (χ0) is 12.8. The predicted octanol–water partition coefficient (Wildman–Crippen LogP) is 2.54. The Balaban J connectivity index is 1.81. The van der Waals surface area contributed by atoms with Gasteiger partial charge < -0.3 is 8.83 Å². The SMILES string of the molecule is C[Si](c1ccco1)c1nc2cccc(C3CC3)c2o1. The zero-order valence-corrected chi connectivity index (χ0v) is 11.7. The molecule has 0 unspecified atom stereocenters. The molecule has 1 aliphatic rings. The van der Waals surface area contributed by atoms with Crippen molar-refractivity contribution < 1.29 is 8.83 Å². The van der Waals surface area contributed by atoms with Gasteiger partial charge in [0.15, 0.2) is 11.1 Å². The first-order valence-electron chi connectivity index (χ1n) is 6.60. The quantitative estimate of drug-likeness (QED) is 0.685. The van der Waals surface area contributed by atoms with E-state index in [1.807, 2.05) is 18.2 Å². The highest BCUT2D eigenvalue weighted by atomic mass is 28.3. The van der Waals surface area contributed by atoms with E-state index in [4.69, 9.17) is 8.83 Å². The van der Waals surface area contributed by atoms with Gasteiger partial charge in [-0.25, -0.2) is 4.98 Å². The number of aromatic nitrogens is 1. The molecule has 1 aromatic carbocycles. The van der Waals surface area contributed by atoms with Crippen LogP contribution in [0, 0.1) is 0 Å². The molecular weight excluding hydrogens is 254 g/mol. The molecule has 1 saturated carbocycles. The molecule has 2 aromatic heterocycles. The maximum absolute atomic E-state index is 6.06. The first-order chi connectivity index (χ1) is 9.33. The summed E-state index contributed by atoms with van der Waals surface area (Å²) in [5, 5.41) is 0.990. The lowest BCUT2D eigenvalue weighted by Crippen LogP contribution is -2.39. The molecule has 0 aliphatic heterocycles. The van der Waals surface area contributed by atoms with Crippen LogP contribution in [0.3, 0.4) is 0 Å². The van der Waals surface area contributed by atoms with Crippen molar-refractivity contribution in [2.24, 2.45) is 0 Å². The van der Waals surface area contributed by atoms with Crippen LogP contribution in [0.1, 0.15) is 24.3 Å². The number of nitrogens with zero attached hydrogens (tertiary/aromatic N) is 1. The van der Waals surface area contributed by atoms with Gasteiger partial charge in [-0.1, -0.05) is 18.7 Å². The van der Waals surface area contributed by atoms with Crippen LogP contribution < -0.4 is 10.9 Å². The Hall–Kier alpha value is -1.81. The van der Waals surface area contributed by atoms with Gasteiger partial charge >= 0.3 is 0 Å². The number of hydrogen-bond acceptors (Lipinski definition) is 3. The molecule has 0 saturated heterocycles. The van der Waals surface area contributed by atoms with Crippen molar-refractivity contribution in [2.75, 3.05) is 0 Å². The standard InChI is InChI=1S/C15H14NO2Si/c1-19(13-6-3-9-17-13)15-16-12-5-2-4-11(10-7-8-10)14(12)18-15/h2-6,9-10H,7-8H2,1H3. The Kier molecular flexibility index (Phi) is 2.38. The van der Waals surface area contributed by atoms with Crippen LogP contribution in [-0.2, 0) is 0 Å². The largest absolute Gasteiger partial charge is 0.474 e. The smallest absolute Gasteiger partial charge is 0.238 e. The van der Waals surface area contributed by atoms with Crippen LogP contribution in [0.5, 0.6) is 0 Å². The molecule has 95 valence electrons. The van der Waals surface area contributed by atoms with Gasteiger partial charge in [-0.3, -0.25) is 0 Å². The van der Waals surface area contributed by atoms with Gasteiger partial charge in [-0.05, 0) is 37.0 Å². The molecule has 4 rings (SSSR count). The number of benzene rings is 1. The summed E-state index contributed by atoms with van der Waals surface area (Å²) >= 11 is 0. The van der Waals surface area contributed by atoms with Crippen LogP contribution >= 0.6 is 0 Å². The van der Waals surface area contributed by atoms with Crippen LogP contribution in [0.4, 0.5) is 0 Å². The Morgan fingerprint density at radius 2 is 2.11 bits per heavy atom. The second-order valence-corrected chi connectivity index (χ2v) is 7.26. The molecule has 1 fully saturated rings. The number of fused-ring (bicyclic) bond motifs is 1. The van der Waals surface area contributed by atoms with E-state index in [2.05, 4.69) is 23.7 Å². The minimum atomic E-state index is -1.03. The Morgan fingerprint density at radius 1 is 1.21 bits per heavy atom. The van der Waals surface area contributed by atoms with E-state index in [1.54, 1.807) is 6.26 Å². The Morgan fingerprint density at radius 3 is 2.84 bits per heavy atom. The van der Waals surface area contributed by atoms with Crippen molar-refractivity contribution in [2.45, 2.75) is 25.3 Å². The van der Waals surface area contributed by atoms with E-state index in [-0.39, 0.29) is 0 Å². The zero-order valence-electron chi connectivity index (χ0n) is 10.7. The lowest BCUT2D eigenvalue weighted by atomic mass is 10.1. The fourth-order valence-electron chi connectivity index (χ4n) is 2.44. The number of hydrogen-bond donors (Lipinski definition) is 0. The lowest BCUT2D eigenvalue weighted by Gasteiger charge is -2.00. The highest BCUT2D eigenvalue weighted by Crippen LogP contribution is 2.42. The summed E-state index contributed by atoms with van der Waals surface area (Å²) in [5.74, 6) is 0.681. The summed E-state index contributed by atoms with van der Waals surface area (Å²) < 4.78 is 11.5.